The number of aromatic nitrogens is 2. The molecule has 0 unspecified atom stereocenters. The normalized spacial score (nSPS) is 10.5. The maximum Gasteiger partial charge on any atom is 0.358 e. The van der Waals surface area contributed by atoms with Gasteiger partial charge in [-0.05, 0) is 18.2 Å². The molecule has 5 nitrogen and oxygen atoms in total. The Morgan fingerprint density at radius 3 is 2.80 bits per heavy atom. The fraction of sp³-hybridized carbons (Fsp3) is 0. The van der Waals surface area contributed by atoms with E-state index in [2.05, 4.69) is 10.2 Å². The van der Waals surface area contributed by atoms with Crippen molar-refractivity contribution in [1.29, 1.82) is 0 Å². The van der Waals surface area contributed by atoms with Crippen LogP contribution in [-0.2, 0) is 0 Å². The zero-order valence-corrected chi connectivity index (χ0v) is 8.19. The standard InChI is InChI=1S/C9H6ClN3O2/c10-4-1-2-6-5(3-4)7(11)8(9(14)15)13-12-6/h1-3H,(H2,11,12)(H,14,15). The van der Waals surface area contributed by atoms with Gasteiger partial charge >= 0.3 is 5.97 Å². The molecule has 0 fully saturated rings. The van der Waals surface area contributed by atoms with Crippen LogP contribution in [0.1, 0.15) is 10.5 Å². The third-order valence-corrected chi connectivity index (χ3v) is 2.20. The number of nitrogens with zero attached hydrogens (tertiary/aromatic N) is 2. The number of benzene rings is 1. The summed E-state index contributed by atoms with van der Waals surface area (Å²) >= 11 is 5.77. The Morgan fingerprint density at radius 2 is 2.13 bits per heavy atom. The van der Waals surface area contributed by atoms with Gasteiger partial charge in [0, 0.05) is 10.4 Å². The number of nitrogens with two attached hydrogens (primary N) is 1. The number of aromatic carboxylic acids is 1. The van der Waals surface area contributed by atoms with Gasteiger partial charge in [0.25, 0.3) is 0 Å². The van der Waals surface area contributed by atoms with E-state index in [0.717, 1.165) is 0 Å². The first kappa shape index (κ1) is 9.67. The van der Waals surface area contributed by atoms with Gasteiger partial charge in [-0.3, -0.25) is 0 Å². The van der Waals surface area contributed by atoms with E-state index in [1.165, 1.54) is 0 Å². The summed E-state index contributed by atoms with van der Waals surface area (Å²) in [6, 6.07) is 4.83. The molecule has 0 saturated carbocycles. The van der Waals surface area contributed by atoms with Crippen LogP contribution < -0.4 is 5.73 Å². The van der Waals surface area contributed by atoms with Gasteiger partial charge in [0.05, 0.1) is 11.2 Å². The highest BCUT2D eigenvalue weighted by Gasteiger charge is 2.13. The third kappa shape index (κ3) is 1.57. The topological polar surface area (TPSA) is 89.1 Å². The quantitative estimate of drug-likeness (QED) is 0.766. The van der Waals surface area contributed by atoms with Gasteiger partial charge in [-0.15, -0.1) is 10.2 Å². The molecular weight excluding hydrogens is 218 g/mol. The number of carboxylic acids is 1. The van der Waals surface area contributed by atoms with E-state index in [4.69, 9.17) is 22.4 Å². The molecule has 2 rings (SSSR count). The molecule has 0 bridgehead atoms. The van der Waals surface area contributed by atoms with Crippen LogP contribution in [0.5, 0.6) is 0 Å². The molecule has 0 amide bonds. The maximum absolute atomic E-state index is 10.7. The molecule has 1 aromatic heterocycles. The van der Waals surface area contributed by atoms with Crippen LogP contribution in [0, 0.1) is 0 Å². The van der Waals surface area contributed by atoms with Crippen molar-refractivity contribution in [3.8, 4) is 0 Å². The van der Waals surface area contributed by atoms with Gasteiger partial charge in [0.2, 0.25) is 0 Å². The molecule has 0 aliphatic carbocycles. The Morgan fingerprint density at radius 1 is 1.40 bits per heavy atom. The second-order valence-electron chi connectivity index (χ2n) is 2.93. The lowest BCUT2D eigenvalue weighted by Crippen LogP contribution is -2.07. The molecule has 15 heavy (non-hydrogen) atoms. The first-order valence-corrected chi connectivity index (χ1v) is 4.42. The van der Waals surface area contributed by atoms with Crippen molar-refractivity contribution in [2.75, 3.05) is 5.73 Å². The van der Waals surface area contributed by atoms with Crippen LogP contribution in [-0.4, -0.2) is 21.3 Å². The molecular formula is C9H6ClN3O2. The first-order valence-electron chi connectivity index (χ1n) is 4.04. The number of anilines is 1. The molecule has 1 aromatic carbocycles. The van der Waals surface area contributed by atoms with Crippen molar-refractivity contribution in [2.45, 2.75) is 0 Å². The van der Waals surface area contributed by atoms with Crippen LogP contribution >= 0.6 is 11.6 Å². The summed E-state index contributed by atoms with van der Waals surface area (Å²) in [6.07, 6.45) is 0. The van der Waals surface area contributed by atoms with Gasteiger partial charge in [0.15, 0.2) is 5.69 Å². The predicted octanol–water partition coefficient (Wildman–Crippen LogP) is 1.56. The highest BCUT2D eigenvalue weighted by atomic mass is 35.5. The number of hydrogen-bond donors (Lipinski definition) is 2. The molecule has 0 aliphatic rings. The van der Waals surface area contributed by atoms with Gasteiger partial charge in [-0.1, -0.05) is 11.6 Å². The van der Waals surface area contributed by atoms with Crippen LogP contribution in [0.15, 0.2) is 18.2 Å². The number of hydrogen-bond acceptors (Lipinski definition) is 4. The smallest absolute Gasteiger partial charge is 0.358 e. The van der Waals surface area contributed by atoms with Gasteiger partial charge in [-0.2, -0.15) is 0 Å². The Balaban J connectivity index is 2.82. The largest absolute Gasteiger partial charge is 0.476 e. The highest BCUT2D eigenvalue weighted by molar-refractivity contribution is 6.31. The fourth-order valence-corrected chi connectivity index (χ4v) is 1.43. The molecule has 0 aliphatic heterocycles. The second kappa shape index (κ2) is 3.36. The highest BCUT2D eigenvalue weighted by Crippen LogP contribution is 2.24. The van der Waals surface area contributed by atoms with Gasteiger partial charge < -0.3 is 10.8 Å². The van der Waals surface area contributed by atoms with Crippen molar-refractivity contribution in [2.24, 2.45) is 0 Å². The molecule has 0 spiro atoms. The van der Waals surface area contributed by atoms with E-state index in [-0.39, 0.29) is 11.4 Å². The van der Waals surface area contributed by atoms with E-state index < -0.39 is 5.97 Å². The number of rotatable bonds is 1. The van der Waals surface area contributed by atoms with E-state index in [1.807, 2.05) is 0 Å². The lowest BCUT2D eigenvalue weighted by molar-refractivity contribution is 0.0691. The molecule has 1 heterocycles. The summed E-state index contributed by atoms with van der Waals surface area (Å²) in [6.45, 7) is 0. The summed E-state index contributed by atoms with van der Waals surface area (Å²) in [7, 11) is 0. The predicted molar refractivity (Wildman–Crippen MR) is 55.9 cm³/mol. The lowest BCUT2D eigenvalue weighted by Gasteiger charge is -2.03. The summed E-state index contributed by atoms with van der Waals surface area (Å²) in [5, 5.41) is 17.0. The van der Waals surface area contributed by atoms with Gasteiger partial charge in [-0.25, -0.2) is 4.79 Å². The summed E-state index contributed by atoms with van der Waals surface area (Å²) in [4.78, 5) is 10.7. The third-order valence-electron chi connectivity index (χ3n) is 1.96. The second-order valence-corrected chi connectivity index (χ2v) is 3.37. The average Bonchev–Trinajstić information content (AvgIpc) is 2.19. The summed E-state index contributed by atoms with van der Waals surface area (Å²) < 4.78 is 0. The van der Waals surface area contributed by atoms with Gasteiger partial charge in [0.1, 0.15) is 0 Å². The molecule has 76 valence electrons. The Hall–Kier alpha value is -1.88. The zero-order valence-electron chi connectivity index (χ0n) is 7.44. The van der Waals surface area contributed by atoms with E-state index in [1.54, 1.807) is 18.2 Å². The molecule has 3 N–H and O–H groups in total. The van der Waals surface area contributed by atoms with E-state index in [9.17, 15) is 4.79 Å². The molecule has 0 saturated heterocycles. The minimum atomic E-state index is -1.21. The van der Waals surface area contributed by atoms with Crippen molar-refractivity contribution >= 4 is 34.2 Å². The van der Waals surface area contributed by atoms with Crippen LogP contribution in [0.2, 0.25) is 5.02 Å². The lowest BCUT2D eigenvalue weighted by atomic mass is 10.2. The number of carboxylic acid groups (broad SMARTS) is 1. The van der Waals surface area contributed by atoms with Crippen LogP contribution in [0.3, 0.4) is 0 Å². The van der Waals surface area contributed by atoms with E-state index >= 15 is 0 Å². The summed E-state index contributed by atoms with van der Waals surface area (Å²) in [5.74, 6) is -1.21. The van der Waals surface area contributed by atoms with Crippen molar-refractivity contribution in [1.82, 2.24) is 10.2 Å². The summed E-state index contributed by atoms with van der Waals surface area (Å²) in [5.41, 5.74) is 5.98. The van der Waals surface area contributed by atoms with E-state index in [0.29, 0.717) is 15.9 Å². The molecule has 2 aromatic rings. The SMILES string of the molecule is Nc1c(C(=O)O)nnc2ccc(Cl)cc12. The van der Waals surface area contributed by atoms with Crippen molar-refractivity contribution in [3.05, 3.63) is 28.9 Å². The number of carbonyl (C=O) groups is 1. The van der Waals surface area contributed by atoms with Crippen molar-refractivity contribution in [3.63, 3.8) is 0 Å². The zero-order chi connectivity index (χ0) is 11.0. The number of halogens is 1. The molecule has 0 radical (unpaired) electrons. The molecule has 0 atom stereocenters. The first-order chi connectivity index (χ1) is 7.09. The average molecular weight is 224 g/mol. The Bertz CT molecular complexity index is 556. The number of nitrogen functional groups attached to an aromatic ring is 1. The maximum atomic E-state index is 10.7. The molecule has 6 heteroatoms. The van der Waals surface area contributed by atoms with Crippen molar-refractivity contribution < 1.29 is 9.90 Å². The number of fused-ring (bicyclic) bond motifs is 1. The van der Waals surface area contributed by atoms with Crippen LogP contribution in [0.25, 0.3) is 10.9 Å². The Labute approximate surface area is 89.5 Å². The monoisotopic (exact) mass is 223 g/mol. The fourth-order valence-electron chi connectivity index (χ4n) is 1.25. The minimum absolute atomic E-state index is 0.0787. The Kier molecular flexibility index (Phi) is 2.17. The van der Waals surface area contributed by atoms with Crippen LogP contribution in [0.4, 0.5) is 5.69 Å². The minimum Gasteiger partial charge on any atom is -0.476 e.